The van der Waals surface area contributed by atoms with Gasteiger partial charge in [0.1, 0.15) is 10.7 Å². The van der Waals surface area contributed by atoms with Gasteiger partial charge in [-0.05, 0) is 25.5 Å². The molecule has 3 N–H and O–H groups in total. The van der Waals surface area contributed by atoms with Crippen LogP contribution in [0.15, 0.2) is 29.1 Å². The number of aromatic nitrogens is 2. The molecule has 1 amide bonds. The van der Waals surface area contributed by atoms with Crippen molar-refractivity contribution in [1.82, 2.24) is 9.55 Å². The average molecular weight is 371 g/mol. The number of fused-ring (bicyclic) bond motifs is 1. The fraction of sp³-hybridized carbons (Fsp3) is 0.222. The molecule has 2 aromatic heterocycles. The molecule has 0 fully saturated rings. The second-order valence-corrected chi connectivity index (χ2v) is 7.01. The average Bonchev–Trinajstić information content (AvgIpc) is 2.91. The number of thiophene rings is 1. The quantitative estimate of drug-likeness (QED) is 0.714. The molecule has 3 rings (SSSR count). The van der Waals surface area contributed by atoms with Crippen LogP contribution in [0.3, 0.4) is 0 Å². The van der Waals surface area contributed by atoms with E-state index in [2.05, 4.69) is 4.98 Å². The van der Waals surface area contributed by atoms with Crippen LogP contribution in [0.4, 0.5) is 0 Å². The maximum absolute atomic E-state index is 13.1. The number of benzene rings is 1. The van der Waals surface area contributed by atoms with E-state index in [9.17, 15) is 14.4 Å². The lowest BCUT2D eigenvalue weighted by atomic mass is 10.1. The van der Waals surface area contributed by atoms with E-state index in [1.165, 1.54) is 4.57 Å². The number of carbonyl (C=O) groups is 2. The van der Waals surface area contributed by atoms with Gasteiger partial charge in [-0.25, -0.2) is 4.98 Å². The second kappa shape index (κ2) is 6.72. The predicted octanol–water partition coefficient (Wildman–Crippen LogP) is 2.32. The van der Waals surface area contributed by atoms with Crippen molar-refractivity contribution < 1.29 is 14.7 Å². The summed E-state index contributed by atoms with van der Waals surface area (Å²) in [5, 5.41) is 9.33. The van der Waals surface area contributed by atoms with Crippen molar-refractivity contribution in [3.63, 3.8) is 0 Å². The summed E-state index contributed by atoms with van der Waals surface area (Å²) >= 11 is 1.08. The third-order valence-electron chi connectivity index (χ3n) is 4.10. The first-order valence-corrected chi connectivity index (χ1v) is 8.73. The van der Waals surface area contributed by atoms with Gasteiger partial charge in [-0.15, -0.1) is 11.3 Å². The monoisotopic (exact) mass is 371 g/mol. The zero-order chi connectivity index (χ0) is 19.0. The number of nitrogens with two attached hydrogens (primary N) is 1. The fourth-order valence-corrected chi connectivity index (χ4v) is 3.89. The molecule has 0 radical (unpaired) electrons. The Balaban J connectivity index is 2.34. The molecule has 0 aliphatic rings. The number of aliphatic carboxylic acids is 1. The van der Waals surface area contributed by atoms with Crippen molar-refractivity contribution in [2.75, 3.05) is 0 Å². The third kappa shape index (κ3) is 3.11. The van der Waals surface area contributed by atoms with E-state index < -0.39 is 11.9 Å². The molecule has 1 aromatic carbocycles. The van der Waals surface area contributed by atoms with Crippen LogP contribution in [0.1, 0.15) is 27.2 Å². The molecule has 134 valence electrons. The third-order valence-corrected chi connectivity index (χ3v) is 5.30. The molecule has 2 heterocycles. The Hall–Kier alpha value is -3.00. The summed E-state index contributed by atoms with van der Waals surface area (Å²) in [6.45, 7) is 3.56. The minimum absolute atomic E-state index is 0.0123. The first-order chi connectivity index (χ1) is 12.3. The van der Waals surface area contributed by atoms with Gasteiger partial charge in [-0.1, -0.05) is 23.8 Å². The zero-order valence-electron chi connectivity index (χ0n) is 14.3. The molecule has 0 spiro atoms. The lowest BCUT2D eigenvalue weighted by molar-refractivity contribution is -0.137. The molecule has 0 unspecified atom stereocenters. The lowest BCUT2D eigenvalue weighted by Crippen LogP contribution is -2.24. The van der Waals surface area contributed by atoms with E-state index in [0.29, 0.717) is 27.2 Å². The van der Waals surface area contributed by atoms with Crippen LogP contribution in [-0.2, 0) is 11.3 Å². The summed E-state index contributed by atoms with van der Waals surface area (Å²) in [6, 6.07) is 7.45. The number of hydrogen-bond donors (Lipinski definition) is 2. The van der Waals surface area contributed by atoms with Crippen molar-refractivity contribution >= 4 is 33.4 Å². The number of amides is 1. The normalized spacial score (nSPS) is 11.0. The van der Waals surface area contributed by atoms with Crippen LogP contribution < -0.4 is 11.3 Å². The van der Waals surface area contributed by atoms with Gasteiger partial charge in [0.15, 0.2) is 0 Å². The Morgan fingerprint density at radius 2 is 2.04 bits per heavy atom. The molecular formula is C18H17N3O4S. The van der Waals surface area contributed by atoms with Gasteiger partial charge in [0.05, 0.1) is 16.7 Å². The van der Waals surface area contributed by atoms with E-state index >= 15 is 0 Å². The van der Waals surface area contributed by atoms with Gasteiger partial charge in [0.2, 0.25) is 0 Å². The first kappa shape index (κ1) is 17.8. The maximum Gasteiger partial charge on any atom is 0.305 e. The molecule has 0 saturated heterocycles. The highest BCUT2D eigenvalue weighted by molar-refractivity contribution is 7.20. The van der Waals surface area contributed by atoms with Gasteiger partial charge in [-0.2, -0.15) is 0 Å². The van der Waals surface area contributed by atoms with Crippen LogP contribution in [0, 0.1) is 13.8 Å². The van der Waals surface area contributed by atoms with Crippen molar-refractivity contribution in [3.05, 3.63) is 50.6 Å². The maximum atomic E-state index is 13.1. The Morgan fingerprint density at radius 3 is 2.65 bits per heavy atom. The number of carboxylic acids is 1. The number of rotatable bonds is 5. The smallest absolute Gasteiger partial charge is 0.305 e. The highest BCUT2D eigenvalue weighted by Gasteiger charge is 2.21. The van der Waals surface area contributed by atoms with Crippen molar-refractivity contribution in [2.45, 2.75) is 26.8 Å². The van der Waals surface area contributed by atoms with Gasteiger partial charge < -0.3 is 10.8 Å². The lowest BCUT2D eigenvalue weighted by Gasteiger charge is -2.12. The minimum Gasteiger partial charge on any atom is -0.481 e. The molecule has 7 nitrogen and oxygen atoms in total. The van der Waals surface area contributed by atoms with Gasteiger partial charge in [0.25, 0.3) is 11.5 Å². The summed E-state index contributed by atoms with van der Waals surface area (Å²) in [4.78, 5) is 41.0. The number of aryl methyl sites for hydroxylation is 2. The molecule has 0 saturated carbocycles. The van der Waals surface area contributed by atoms with Gasteiger partial charge in [0, 0.05) is 12.1 Å². The Morgan fingerprint density at radius 1 is 1.31 bits per heavy atom. The first-order valence-electron chi connectivity index (χ1n) is 7.92. The van der Waals surface area contributed by atoms with E-state index in [1.807, 2.05) is 31.2 Å². The zero-order valence-corrected chi connectivity index (χ0v) is 15.1. The van der Waals surface area contributed by atoms with Crippen LogP contribution in [0.5, 0.6) is 0 Å². The Labute approximate surface area is 152 Å². The van der Waals surface area contributed by atoms with Crippen molar-refractivity contribution in [3.8, 4) is 11.4 Å². The van der Waals surface area contributed by atoms with Gasteiger partial charge >= 0.3 is 5.97 Å². The summed E-state index contributed by atoms with van der Waals surface area (Å²) in [5.74, 6) is -1.24. The number of primary amides is 1. The fourth-order valence-electron chi connectivity index (χ4n) is 2.87. The number of carboxylic acid groups (broad SMARTS) is 1. The molecule has 26 heavy (non-hydrogen) atoms. The van der Waals surface area contributed by atoms with Crippen LogP contribution in [0.25, 0.3) is 21.6 Å². The molecular weight excluding hydrogens is 354 g/mol. The Bertz CT molecular complexity index is 1100. The molecule has 0 aliphatic heterocycles. The van der Waals surface area contributed by atoms with Crippen LogP contribution in [-0.4, -0.2) is 26.5 Å². The van der Waals surface area contributed by atoms with E-state index in [0.717, 1.165) is 16.9 Å². The molecule has 0 atom stereocenters. The van der Waals surface area contributed by atoms with E-state index in [4.69, 9.17) is 10.8 Å². The highest BCUT2D eigenvalue weighted by Crippen LogP contribution is 2.29. The topological polar surface area (TPSA) is 115 Å². The standard InChI is InChI=1S/C18H17N3O4S/c1-9-4-3-5-11(8-9)16-20-17-13(10(2)14(26-17)15(19)24)18(25)21(16)7-6-12(22)23/h3-5,8H,6-7H2,1-2H3,(H2,19,24)(H,22,23). The summed E-state index contributed by atoms with van der Waals surface area (Å²) in [6.07, 6.45) is -0.211. The highest BCUT2D eigenvalue weighted by atomic mass is 32.1. The summed E-state index contributed by atoms with van der Waals surface area (Å²) in [5.41, 5.74) is 7.20. The summed E-state index contributed by atoms with van der Waals surface area (Å²) in [7, 11) is 0. The summed E-state index contributed by atoms with van der Waals surface area (Å²) < 4.78 is 1.36. The van der Waals surface area contributed by atoms with Gasteiger partial charge in [-0.3, -0.25) is 19.0 Å². The van der Waals surface area contributed by atoms with E-state index in [-0.39, 0.29) is 23.4 Å². The molecule has 0 bridgehead atoms. The van der Waals surface area contributed by atoms with Crippen molar-refractivity contribution in [1.29, 1.82) is 0 Å². The number of carbonyl (C=O) groups excluding carboxylic acids is 1. The number of nitrogens with zero attached hydrogens (tertiary/aromatic N) is 2. The Kier molecular flexibility index (Phi) is 4.60. The SMILES string of the molecule is Cc1cccc(-c2nc3sc(C(N)=O)c(C)c3c(=O)n2CCC(=O)O)c1. The largest absolute Gasteiger partial charge is 0.481 e. The molecule has 3 aromatic rings. The second-order valence-electron chi connectivity index (χ2n) is 6.01. The predicted molar refractivity (Wildman–Crippen MR) is 99.6 cm³/mol. The minimum atomic E-state index is -1.01. The molecule has 8 heteroatoms. The van der Waals surface area contributed by atoms with Crippen LogP contribution in [0.2, 0.25) is 0 Å². The van der Waals surface area contributed by atoms with Crippen LogP contribution >= 0.6 is 11.3 Å². The van der Waals surface area contributed by atoms with Crippen molar-refractivity contribution in [2.24, 2.45) is 5.73 Å². The number of hydrogen-bond acceptors (Lipinski definition) is 5. The van der Waals surface area contributed by atoms with E-state index in [1.54, 1.807) is 6.92 Å². The molecule has 0 aliphatic carbocycles.